The van der Waals surface area contributed by atoms with Gasteiger partial charge in [-0.2, -0.15) is 0 Å². The molecule has 0 saturated heterocycles. The Morgan fingerprint density at radius 3 is 2.17 bits per heavy atom. The zero-order valence-electron chi connectivity index (χ0n) is 14.3. The second kappa shape index (κ2) is 7.88. The topological polar surface area (TPSA) is 53.7 Å². The van der Waals surface area contributed by atoms with Crippen molar-refractivity contribution in [3.63, 3.8) is 0 Å². The summed E-state index contributed by atoms with van der Waals surface area (Å²) in [4.78, 5) is 0. The van der Waals surface area contributed by atoms with Crippen LogP contribution in [0.25, 0.3) is 0 Å². The SMILES string of the molecule is COc1cccc(CN)c1OCCOc1c(C)ccc(C)c1C. The summed E-state index contributed by atoms with van der Waals surface area (Å²) >= 11 is 0. The van der Waals surface area contributed by atoms with E-state index < -0.39 is 0 Å². The lowest BCUT2D eigenvalue weighted by atomic mass is 10.1. The normalized spacial score (nSPS) is 10.5. The van der Waals surface area contributed by atoms with Crippen LogP contribution in [-0.2, 0) is 6.54 Å². The predicted octanol–water partition coefficient (Wildman–Crippen LogP) is 3.54. The number of rotatable bonds is 7. The summed E-state index contributed by atoms with van der Waals surface area (Å²) in [5.41, 5.74) is 10.2. The molecule has 0 bridgehead atoms. The molecule has 23 heavy (non-hydrogen) atoms. The minimum Gasteiger partial charge on any atom is -0.493 e. The molecule has 124 valence electrons. The smallest absolute Gasteiger partial charge is 0.165 e. The van der Waals surface area contributed by atoms with Gasteiger partial charge in [-0.05, 0) is 43.5 Å². The maximum Gasteiger partial charge on any atom is 0.165 e. The maximum atomic E-state index is 5.92. The highest BCUT2D eigenvalue weighted by atomic mass is 16.5. The number of benzene rings is 2. The van der Waals surface area contributed by atoms with Crippen LogP contribution >= 0.6 is 0 Å². The summed E-state index contributed by atoms with van der Waals surface area (Å²) < 4.78 is 17.1. The van der Waals surface area contributed by atoms with E-state index in [1.165, 1.54) is 11.1 Å². The third kappa shape index (κ3) is 3.96. The summed E-state index contributed by atoms with van der Waals surface area (Å²) in [6.07, 6.45) is 0. The molecule has 0 aromatic heterocycles. The molecule has 2 aromatic carbocycles. The van der Waals surface area contributed by atoms with Gasteiger partial charge in [0.2, 0.25) is 0 Å². The lowest BCUT2D eigenvalue weighted by Crippen LogP contribution is -2.12. The van der Waals surface area contributed by atoms with Gasteiger partial charge in [-0.15, -0.1) is 0 Å². The molecule has 2 N–H and O–H groups in total. The van der Waals surface area contributed by atoms with Crippen molar-refractivity contribution in [3.05, 3.63) is 52.6 Å². The van der Waals surface area contributed by atoms with Crippen LogP contribution in [0.15, 0.2) is 30.3 Å². The molecule has 0 saturated carbocycles. The lowest BCUT2D eigenvalue weighted by molar-refractivity contribution is 0.208. The fourth-order valence-electron chi connectivity index (χ4n) is 2.48. The van der Waals surface area contributed by atoms with Gasteiger partial charge in [0, 0.05) is 12.1 Å². The van der Waals surface area contributed by atoms with Gasteiger partial charge in [-0.3, -0.25) is 0 Å². The Balaban J connectivity index is 2.00. The summed E-state index contributed by atoms with van der Waals surface area (Å²) in [7, 11) is 1.62. The zero-order valence-corrected chi connectivity index (χ0v) is 14.3. The molecule has 0 aliphatic rings. The lowest BCUT2D eigenvalue weighted by Gasteiger charge is -2.16. The summed E-state index contributed by atoms with van der Waals surface area (Å²) in [6.45, 7) is 7.51. The molecule has 0 fully saturated rings. The largest absolute Gasteiger partial charge is 0.493 e. The molecule has 2 aromatic rings. The molecule has 4 nitrogen and oxygen atoms in total. The average Bonchev–Trinajstić information content (AvgIpc) is 2.57. The molecule has 0 atom stereocenters. The van der Waals surface area contributed by atoms with Crippen LogP contribution in [0.2, 0.25) is 0 Å². The molecule has 2 rings (SSSR count). The van der Waals surface area contributed by atoms with Crippen molar-refractivity contribution in [1.82, 2.24) is 0 Å². The van der Waals surface area contributed by atoms with Gasteiger partial charge in [-0.25, -0.2) is 0 Å². The van der Waals surface area contributed by atoms with Crippen molar-refractivity contribution in [1.29, 1.82) is 0 Å². The first kappa shape index (κ1) is 17.2. The molecule has 0 amide bonds. The molecule has 0 aliphatic carbocycles. The molecule has 0 unspecified atom stereocenters. The fraction of sp³-hybridized carbons (Fsp3) is 0.368. The second-order valence-corrected chi connectivity index (χ2v) is 5.50. The van der Waals surface area contributed by atoms with Crippen molar-refractivity contribution in [2.24, 2.45) is 5.73 Å². The van der Waals surface area contributed by atoms with E-state index in [0.29, 0.717) is 31.3 Å². The summed E-state index contributed by atoms with van der Waals surface area (Å²) in [5, 5.41) is 0. The Morgan fingerprint density at radius 1 is 0.870 bits per heavy atom. The minimum atomic E-state index is 0.406. The molecule has 0 heterocycles. The van der Waals surface area contributed by atoms with Crippen LogP contribution in [0, 0.1) is 20.8 Å². The minimum absolute atomic E-state index is 0.406. The maximum absolute atomic E-state index is 5.92. The van der Waals surface area contributed by atoms with E-state index in [-0.39, 0.29) is 0 Å². The highest BCUT2D eigenvalue weighted by Crippen LogP contribution is 2.31. The van der Waals surface area contributed by atoms with Crippen molar-refractivity contribution in [2.75, 3.05) is 20.3 Å². The van der Waals surface area contributed by atoms with Gasteiger partial charge in [0.15, 0.2) is 11.5 Å². The average molecular weight is 315 g/mol. The van der Waals surface area contributed by atoms with Crippen LogP contribution in [-0.4, -0.2) is 20.3 Å². The van der Waals surface area contributed by atoms with Crippen LogP contribution in [0.4, 0.5) is 0 Å². The van der Waals surface area contributed by atoms with Gasteiger partial charge < -0.3 is 19.9 Å². The van der Waals surface area contributed by atoms with Crippen LogP contribution < -0.4 is 19.9 Å². The van der Waals surface area contributed by atoms with Crippen LogP contribution in [0.3, 0.4) is 0 Å². The quantitative estimate of drug-likeness (QED) is 0.794. The number of aryl methyl sites for hydroxylation is 2. The van der Waals surface area contributed by atoms with Gasteiger partial charge in [0.25, 0.3) is 0 Å². The van der Waals surface area contributed by atoms with E-state index in [2.05, 4.69) is 32.9 Å². The first-order valence-corrected chi connectivity index (χ1v) is 7.76. The Bertz CT molecular complexity index is 646. The van der Waals surface area contributed by atoms with E-state index in [4.69, 9.17) is 19.9 Å². The summed E-state index contributed by atoms with van der Waals surface area (Å²) in [5.74, 6) is 2.32. The van der Waals surface area contributed by atoms with E-state index in [0.717, 1.165) is 16.9 Å². The van der Waals surface area contributed by atoms with Gasteiger partial charge in [0.1, 0.15) is 19.0 Å². The molecular weight excluding hydrogens is 290 g/mol. The summed E-state index contributed by atoms with van der Waals surface area (Å²) in [6, 6.07) is 9.89. The van der Waals surface area contributed by atoms with E-state index in [9.17, 15) is 0 Å². The Kier molecular flexibility index (Phi) is 5.88. The van der Waals surface area contributed by atoms with Gasteiger partial charge >= 0.3 is 0 Å². The zero-order chi connectivity index (χ0) is 16.8. The molecule has 0 spiro atoms. The van der Waals surface area contributed by atoms with E-state index in [1.807, 2.05) is 18.2 Å². The number of ether oxygens (including phenoxy) is 3. The van der Waals surface area contributed by atoms with Gasteiger partial charge in [0.05, 0.1) is 7.11 Å². The number of nitrogens with two attached hydrogens (primary N) is 1. The van der Waals surface area contributed by atoms with Crippen LogP contribution in [0.5, 0.6) is 17.2 Å². The van der Waals surface area contributed by atoms with Crippen molar-refractivity contribution in [2.45, 2.75) is 27.3 Å². The number of para-hydroxylation sites is 1. The molecular formula is C19H25NO3. The first-order chi connectivity index (χ1) is 11.1. The third-order valence-electron chi connectivity index (χ3n) is 3.95. The van der Waals surface area contributed by atoms with E-state index in [1.54, 1.807) is 7.11 Å². The number of methoxy groups -OCH3 is 1. The highest BCUT2D eigenvalue weighted by Gasteiger charge is 2.10. The van der Waals surface area contributed by atoms with Gasteiger partial charge in [-0.1, -0.05) is 24.3 Å². The Morgan fingerprint density at radius 2 is 1.52 bits per heavy atom. The molecule has 0 aliphatic heterocycles. The predicted molar refractivity (Wildman–Crippen MR) is 92.5 cm³/mol. The molecule has 4 heteroatoms. The molecule has 0 radical (unpaired) electrons. The monoisotopic (exact) mass is 315 g/mol. The van der Waals surface area contributed by atoms with Crippen molar-refractivity contribution < 1.29 is 14.2 Å². The first-order valence-electron chi connectivity index (χ1n) is 7.76. The standard InChI is InChI=1S/C19H25NO3/c1-13-8-9-14(2)18(15(13)3)22-10-11-23-19-16(12-20)6-5-7-17(19)21-4/h5-9H,10-12,20H2,1-4H3. The van der Waals surface area contributed by atoms with Crippen molar-refractivity contribution in [3.8, 4) is 17.2 Å². The fourth-order valence-corrected chi connectivity index (χ4v) is 2.48. The Labute approximate surface area is 138 Å². The van der Waals surface area contributed by atoms with E-state index >= 15 is 0 Å². The number of hydrogen-bond donors (Lipinski definition) is 1. The Hall–Kier alpha value is -2.20. The third-order valence-corrected chi connectivity index (χ3v) is 3.95. The van der Waals surface area contributed by atoms with Crippen LogP contribution in [0.1, 0.15) is 22.3 Å². The highest BCUT2D eigenvalue weighted by molar-refractivity contribution is 5.47. The second-order valence-electron chi connectivity index (χ2n) is 5.50. The number of hydrogen-bond acceptors (Lipinski definition) is 4. The van der Waals surface area contributed by atoms with Crippen molar-refractivity contribution >= 4 is 0 Å².